The molecule has 0 unspecified atom stereocenters. The zero-order chi connectivity index (χ0) is 26.4. The van der Waals surface area contributed by atoms with Crippen molar-refractivity contribution in [1.82, 2.24) is 9.88 Å². The first kappa shape index (κ1) is 27.1. The Bertz CT molecular complexity index is 1350. The molecule has 1 fully saturated rings. The standard InChI is InChI=1S/C23H27F3N2O5S2/c1-15-8-9-17(18(14-15)34(4,30)31)21(29)28-12-10-16(11-13-28)22(2,3)35(32,33)20-7-5-6-19(27-20)23(24,25)26/h5-9,14,16H,10-13H2,1-4H3. The van der Waals surface area contributed by atoms with Gasteiger partial charge >= 0.3 is 6.18 Å². The fourth-order valence-corrected chi connectivity index (χ4v) is 6.92. The summed E-state index contributed by atoms with van der Waals surface area (Å²) in [7, 11) is -7.89. The van der Waals surface area contributed by atoms with E-state index in [1.54, 1.807) is 13.0 Å². The SMILES string of the molecule is Cc1ccc(C(=O)N2CCC(C(C)(C)S(=O)(=O)c3cccc(C(F)(F)F)n3)CC2)c(S(C)(=O)=O)c1. The molecular weight excluding hydrogens is 505 g/mol. The van der Waals surface area contributed by atoms with E-state index in [0.29, 0.717) is 11.6 Å². The number of carbonyl (C=O) groups is 1. The normalized spacial score (nSPS) is 16.4. The van der Waals surface area contributed by atoms with Gasteiger partial charge in [-0.1, -0.05) is 12.1 Å². The van der Waals surface area contributed by atoms with Crippen LogP contribution in [0.25, 0.3) is 0 Å². The van der Waals surface area contributed by atoms with Gasteiger partial charge in [0.05, 0.1) is 15.2 Å². The van der Waals surface area contributed by atoms with Crippen LogP contribution >= 0.6 is 0 Å². The minimum Gasteiger partial charge on any atom is -0.339 e. The van der Waals surface area contributed by atoms with Crippen LogP contribution in [0.4, 0.5) is 13.2 Å². The number of halogens is 3. The first-order valence-electron chi connectivity index (χ1n) is 10.8. The molecule has 1 aromatic heterocycles. The summed E-state index contributed by atoms with van der Waals surface area (Å²) in [5.74, 6) is -0.927. The molecule has 1 aliphatic rings. The van der Waals surface area contributed by atoms with Crippen LogP contribution in [0.2, 0.25) is 0 Å². The quantitative estimate of drug-likeness (QED) is 0.579. The second kappa shape index (κ2) is 9.20. The zero-order valence-corrected chi connectivity index (χ0v) is 21.4. The van der Waals surface area contributed by atoms with Crippen molar-refractivity contribution in [2.45, 2.75) is 54.5 Å². The van der Waals surface area contributed by atoms with Gasteiger partial charge in [0.15, 0.2) is 14.9 Å². The Morgan fingerprint density at radius 2 is 1.63 bits per heavy atom. The van der Waals surface area contributed by atoms with Crippen molar-refractivity contribution in [1.29, 1.82) is 0 Å². The van der Waals surface area contributed by atoms with Gasteiger partial charge in [-0.05, 0) is 69.4 Å². The molecular formula is C23H27F3N2O5S2. The molecule has 1 aromatic carbocycles. The van der Waals surface area contributed by atoms with Gasteiger partial charge < -0.3 is 4.90 Å². The molecule has 35 heavy (non-hydrogen) atoms. The lowest BCUT2D eigenvalue weighted by molar-refractivity contribution is -0.141. The maximum Gasteiger partial charge on any atom is 0.433 e. The average Bonchev–Trinajstić information content (AvgIpc) is 2.77. The smallest absolute Gasteiger partial charge is 0.339 e. The Morgan fingerprint density at radius 3 is 2.17 bits per heavy atom. The predicted octanol–water partition coefficient (Wildman–Crippen LogP) is 3.92. The van der Waals surface area contributed by atoms with E-state index in [1.165, 1.54) is 30.9 Å². The van der Waals surface area contributed by atoms with Crippen LogP contribution in [0.1, 0.15) is 48.3 Å². The highest BCUT2D eigenvalue weighted by atomic mass is 32.2. The van der Waals surface area contributed by atoms with Crippen LogP contribution < -0.4 is 0 Å². The van der Waals surface area contributed by atoms with Gasteiger partial charge in [0.2, 0.25) is 9.84 Å². The van der Waals surface area contributed by atoms with Gasteiger partial charge in [0.1, 0.15) is 5.69 Å². The minimum absolute atomic E-state index is 0.0524. The van der Waals surface area contributed by atoms with Crippen molar-refractivity contribution in [3.8, 4) is 0 Å². The Labute approximate surface area is 203 Å². The molecule has 0 saturated carbocycles. The van der Waals surface area contributed by atoms with E-state index >= 15 is 0 Å². The highest BCUT2D eigenvalue weighted by Crippen LogP contribution is 2.38. The van der Waals surface area contributed by atoms with E-state index in [4.69, 9.17) is 0 Å². The number of alkyl halides is 3. The number of nitrogens with zero attached hydrogens (tertiary/aromatic N) is 2. The first-order valence-corrected chi connectivity index (χ1v) is 14.2. The fourth-order valence-electron chi connectivity index (χ4n) is 4.27. The molecule has 12 heteroatoms. The van der Waals surface area contributed by atoms with E-state index in [9.17, 15) is 34.8 Å². The molecule has 0 N–H and O–H groups in total. The summed E-state index contributed by atoms with van der Waals surface area (Å²) in [5, 5.41) is -0.645. The Balaban J connectivity index is 1.82. The lowest BCUT2D eigenvalue weighted by Gasteiger charge is -2.40. The number of aromatic nitrogens is 1. The molecule has 3 rings (SSSR count). The number of pyridine rings is 1. The van der Waals surface area contributed by atoms with Crippen LogP contribution in [-0.2, 0) is 25.9 Å². The number of piperidine rings is 1. The Kier molecular flexibility index (Phi) is 7.13. The van der Waals surface area contributed by atoms with E-state index in [2.05, 4.69) is 4.98 Å². The summed E-state index contributed by atoms with van der Waals surface area (Å²) < 4.78 is 88.7. The Morgan fingerprint density at radius 1 is 1.03 bits per heavy atom. The minimum atomic E-state index is -4.78. The monoisotopic (exact) mass is 532 g/mol. The van der Waals surface area contributed by atoms with Crippen LogP contribution in [0.3, 0.4) is 0 Å². The fraction of sp³-hybridized carbons (Fsp3) is 0.478. The third kappa shape index (κ3) is 5.37. The molecule has 2 aromatic rings. The first-order chi connectivity index (χ1) is 16.0. The highest BCUT2D eigenvalue weighted by Gasteiger charge is 2.46. The molecule has 0 atom stereocenters. The summed E-state index contributed by atoms with van der Waals surface area (Å²) in [6.07, 6.45) is -3.20. The number of hydrogen-bond acceptors (Lipinski definition) is 6. The molecule has 1 saturated heterocycles. The van der Waals surface area contributed by atoms with Crippen LogP contribution in [0.15, 0.2) is 46.3 Å². The lowest BCUT2D eigenvalue weighted by atomic mass is 9.85. The molecule has 7 nitrogen and oxygen atoms in total. The second-order valence-corrected chi connectivity index (χ2v) is 13.8. The summed E-state index contributed by atoms with van der Waals surface area (Å²) in [5.41, 5.74) is -0.540. The van der Waals surface area contributed by atoms with Gasteiger partial charge in [-0.3, -0.25) is 4.79 Å². The maximum atomic E-state index is 13.3. The van der Waals surface area contributed by atoms with Crippen LogP contribution in [-0.4, -0.2) is 56.7 Å². The summed E-state index contributed by atoms with van der Waals surface area (Å²) >= 11 is 0. The second-order valence-electron chi connectivity index (χ2n) is 9.30. The molecule has 0 aliphatic carbocycles. The molecule has 0 radical (unpaired) electrons. The summed E-state index contributed by atoms with van der Waals surface area (Å²) in [6.45, 7) is 4.98. The topological polar surface area (TPSA) is 101 Å². The van der Waals surface area contributed by atoms with Crippen molar-refractivity contribution in [2.75, 3.05) is 19.3 Å². The zero-order valence-electron chi connectivity index (χ0n) is 19.8. The number of benzene rings is 1. The lowest BCUT2D eigenvalue weighted by Crippen LogP contribution is -2.48. The average molecular weight is 533 g/mol. The molecule has 1 amide bonds. The van der Waals surface area contributed by atoms with Crippen molar-refractivity contribution in [3.05, 3.63) is 53.2 Å². The number of likely N-dealkylation sites (tertiary alicyclic amines) is 1. The number of rotatable bonds is 5. The Hall–Kier alpha value is -2.47. The molecule has 1 aliphatic heterocycles. The third-order valence-corrected chi connectivity index (χ3v) is 10.1. The van der Waals surface area contributed by atoms with Gasteiger partial charge in [0.25, 0.3) is 5.91 Å². The number of hydrogen-bond donors (Lipinski definition) is 0. The number of sulfone groups is 2. The summed E-state index contributed by atoms with van der Waals surface area (Å²) in [6, 6.07) is 7.33. The highest BCUT2D eigenvalue weighted by molar-refractivity contribution is 7.92. The summed E-state index contributed by atoms with van der Waals surface area (Å²) in [4.78, 5) is 17.9. The molecule has 0 spiro atoms. The largest absolute Gasteiger partial charge is 0.433 e. The molecule has 2 heterocycles. The van der Waals surface area contributed by atoms with E-state index in [0.717, 1.165) is 18.4 Å². The molecule has 192 valence electrons. The van der Waals surface area contributed by atoms with Gasteiger partial charge in [0, 0.05) is 19.3 Å². The van der Waals surface area contributed by atoms with Gasteiger partial charge in [-0.15, -0.1) is 0 Å². The van der Waals surface area contributed by atoms with Crippen LogP contribution in [0, 0.1) is 12.8 Å². The number of amides is 1. The maximum absolute atomic E-state index is 13.3. The van der Waals surface area contributed by atoms with E-state index in [-0.39, 0.29) is 36.4 Å². The molecule has 0 bridgehead atoms. The third-order valence-electron chi connectivity index (χ3n) is 6.51. The van der Waals surface area contributed by atoms with Crippen LogP contribution in [0.5, 0.6) is 0 Å². The van der Waals surface area contributed by atoms with Gasteiger partial charge in [-0.2, -0.15) is 13.2 Å². The van der Waals surface area contributed by atoms with Crippen molar-refractivity contribution >= 4 is 25.6 Å². The predicted molar refractivity (Wildman–Crippen MR) is 123 cm³/mol. The van der Waals surface area contributed by atoms with E-state index < -0.39 is 53.1 Å². The van der Waals surface area contributed by atoms with Crippen molar-refractivity contribution < 1.29 is 34.8 Å². The number of carbonyl (C=O) groups excluding carboxylic acids is 1. The number of aryl methyl sites for hydroxylation is 1. The van der Waals surface area contributed by atoms with Crippen molar-refractivity contribution in [2.24, 2.45) is 5.92 Å². The van der Waals surface area contributed by atoms with E-state index in [1.807, 2.05) is 0 Å². The van der Waals surface area contributed by atoms with Crippen molar-refractivity contribution in [3.63, 3.8) is 0 Å². The van der Waals surface area contributed by atoms with Gasteiger partial charge in [-0.25, -0.2) is 21.8 Å².